The predicted octanol–water partition coefficient (Wildman–Crippen LogP) is 4.20. The SMILES string of the molecule is CC(NCCCn1ccnc1)c1ccc(OCc2ccccc2)cc1. The molecule has 0 radical (unpaired) electrons. The van der Waals surface area contributed by atoms with Gasteiger partial charge < -0.3 is 14.6 Å². The maximum absolute atomic E-state index is 5.84. The van der Waals surface area contributed by atoms with Crippen molar-refractivity contribution < 1.29 is 4.74 Å². The molecule has 4 nitrogen and oxygen atoms in total. The molecule has 1 unspecified atom stereocenters. The molecule has 0 aliphatic carbocycles. The van der Waals surface area contributed by atoms with Gasteiger partial charge in [-0.15, -0.1) is 0 Å². The largest absolute Gasteiger partial charge is 0.489 e. The Balaban J connectivity index is 1.41. The average molecular weight is 335 g/mol. The molecule has 0 saturated carbocycles. The summed E-state index contributed by atoms with van der Waals surface area (Å²) in [6.07, 6.45) is 6.76. The van der Waals surface area contributed by atoms with E-state index in [1.165, 1.54) is 11.1 Å². The molecule has 0 fully saturated rings. The fourth-order valence-corrected chi connectivity index (χ4v) is 2.71. The van der Waals surface area contributed by atoms with Crippen LogP contribution < -0.4 is 10.1 Å². The molecule has 25 heavy (non-hydrogen) atoms. The lowest BCUT2D eigenvalue weighted by Crippen LogP contribution is -2.20. The molecule has 0 amide bonds. The second-order valence-electron chi connectivity index (χ2n) is 6.17. The molecule has 2 aromatic carbocycles. The minimum Gasteiger partial charge on any atom is -0.489 e. The standard InChI is InChI=1S/C21H25N3O/c1-18(23-12-5-14-24-15-13-22-17-24)20-8-10-21(11-9-20)25-16-19-6-3-2-4-7-19/h2-4,6-11,13,15,17-18,23H,5,12,14,16H2,1H3. The van der Waals surface area contributed by atoms with Crippen LogP contribution in [-0.2, 0) is 13.2 Å². The van der Waals surface area contributed by atoms with Crippen molar-refractivity contribution in [1.29, 1.82) is 0 Å². The quantitative estimate of drug-likeness (QED) is 0.596. The van der Waals surface area contributed by atoms with Gasteiger partial charge in [-0.2, -0.15) is 0 Å². The monoisotopic (exact) mass is 335 g/mol. The summed E-state index contributed by atoms with van der Waals surface area (Å²) in [5, 5.41) is 3.56. The summed E-state index contributed by atoms with van der Waals surface area (Å²) in [4.78, 5) is 4.06. The minimum atomic E-state index is 0.325. The van der Waals surface area contributed by atoms with Gasteiger partial charge in [-0.1, -0.05) is 42.5 Å². The summed E-state index contributed by atoms with van der Waals surface area (Å²) in [7, 11) is 0. The van der Waals surface area contributed by atoms with E-state index in [4.69, 9.17) is 4.74 Å². The van der Waals surface area contributed by atoms with Gasteiger partial charge in [0.2, 0.25) is 0 Å². The van der Waals surface area contributed by atoms with Crippen LogP contribution in [0.5, 0.6) is 5.75 Å². The van der Waals surface area contributed by atoms with Crippen molar-refractivity contribution in [2.75, 3.05) is 6.54 Å². The summed E-state index contributed by atoms with van der Waals surface area (Å²) in [5.74, 6) is 0.903. The number of benzene rings is 2. The third-order valence-corrected chi connectivity index (χ3v) is 4.23. The first-order valence-corrected chi connectivity index (χ1v) is 8.77. The highest BCUT2D eigenvalue weighted by Gasteiger charge is 2.05. The number of nitrogens with one attached hydrogen (secondary N) is 1. The fraction of sp³-hybridized carbons (Fsp3) is 0.286. The molecule has 1 heterocycles. The Labute approximate surface area is 149 Å². The number of hydrogen-bond acceptors (Lipinski definition) is 3. The number of imidazole rings is 1. The summed E-state index contributed by atoms with van der Waals surface area (Å²) >= 11 is 0. The second-order valence-corrected chi connectivity index (χ2v) is 6.17. The van der Waals surface area contributed by atoms with E-state index in [-0.39, 0.29) is 0 Å². The van der Waals surface area contributed by atoms with Crippen LogP contribution in [0.2, 0.25) is 0 Å². The Hall–Kier alpha value is -2.59. The van der Waals surface area contributed by atoms with Crippen molar-refractivity contribution in [2.24, 2.45) is 0 Å². The highest BCUT2D eigenvalue weighted by molar-refractivity contribution is 5.29. The third kappa shape index (κ3) is 5.47. The Kier molecular flexibility index (Phi) is 6.23. The van der Waals surface area contributed by atoms with E-state index in [1.54, 1.807) is 0 Å². The number of aryl methyl sites for hydroxylation is 1. The van der Waals surface area contributed by atoms with Gasteiger partial charge in [0.25, 0.3) is 0 Å². The van der Waals surface area contributed by atoms with Crippen LogP contribution in [0, 0.1) is 0 Å². The van der Waals surface area contributed by atoms with Gasteiger partial charge in [0.15, 0.2) is 0 Å². The van der Waals surface area contributed by atoms with Crippen LogP contribution in [-0.4, -0.2) is 16.1 Å². The smallest absolute Gasteiger partial charge is 0.119 e. The van der Waals surface area contributed by atoms with E-state index in [9.17, 15) is 0 Å². The molecule has 0 aliphatic heterocycles. The number of rotatable bonds is 9. The van der Waals surface area contributed by atoms with Crippen molar-refractivity contribution in [1.82, 2.24) is 14.9 Å². The van der Waals surface area contributed by atoms with Crippen LogP contribution in [0.25, 0.3) is 0 Å². The van der Waals surface area contributed by atoms with E-state index in [0.717, 1.165) is 25.3 Å². The van der Waals surface area contributed by atoms with Gasteiger partial charge in [-0.3, -0.25) is 0 Å². The summed E-state index contributed by atoms with van der Waals surface area (Å²) in [6, 6.07) is 18.9. The van der Waals surface area contributed by atoms with Crippen molar-refractivity contribution in [2.45, 2.75) is 32.5 Å². The van der Waals surface area contributed by atoms with Gasteiger partial charge in [-0.25, -0.2) is 4.98 Å². The van der Waals surface area contributed by atoms with Crippen LogP contribution in [0.1, 0.15) is 30.5 Å². The Bertz CT molecular complexity index is 724. The highest BCUT2D eigenvalue weighted by atomic mass is 16.5. The van der Waals surface area contributed by atoms with Crippen LogP contribution in [0.15, 0.2) is 73.3 Å². The molecule has 0 aliphatic rings. The Morgan fingerprint density at radius 3 is 2.60 bits per heavy atom. The topological polar surface area (TPSA) is 39.1 Å². The van der Waals surface area contributed by atoms with Gasteiger partial charge in [0.05, 0.1) is 6.33 Å². The first-order chi connectivity index (χ1) is 12.3. The molecule has 3 rings (SSSR count). The molecule has 0 saturated heterocycles. The molecule has 1 N–H and O–H groups in total. The van der Waals surface area contributed by atoms with Crippen molar-refractivity contribution in [3.05, 3.63) is 84.4 Å². The first kappa shape index (κ1) is 17.2. The number of nitrogens with zero attached hydrogens (tertiary/aromatic N) is 2. The fourth-order valence-electron chi connectivity index (χ4n) is 2.71. The Morgan fingerprint density at radius 2 is 1.88 bits per heavy atom. The first-order valence-electron chi connectivity index (χ1n) is 8.77. The van der Waals surface area contributed by atoms with Gasteiger partial charge in [0, 0.05) is 25.0 Å². The van der Waals surface area contributed by atoms with Gasteiger partial charge >= 0.3 is 0 Å². The second kappa shape index (κ2) is 9.04. The molecule has 0 bridgehead atoms. The van der Waals surface area contributed by atoms with Crippen LogP contribution >= 0.6 is 0 Å². The summed E-state index contributed by atoms with van der Waals surface area (Å²) in [5.41, 5.74) is 2.45. The molecular formula is C21H25N3O. The number of ether oxygens (including phenoxy) is 1. The van der Waals surface area contributed by atoms with Crippen LogP contribution in [0.4, 0.5) is 0 Å². The third-order valence-electron chi connectivity index (χ3n) is 4.23. The molecule has 4 heteroatoms. The molecule has 130 valence electrons. The van der Waals surface area contributed by atoms with E-state index < -0.39 is 0 Å². The zero-order valence-electron chi connectivity index (χ0n) is 14.6. The lowest BCUT2D eigenvalue weighted by molar-refractivity contribution is 0.306. The minimum absolute atomic E-state index is 0.325. The van der Waals surface area contributed by atoms with Gasteiger partial charge in [0.1, 0.15) is 12.4 Å². The molecule has 3 aromatic rings. The molecule has 1 atom stereocenters. The average Bonchev–Trinajstić information content (AvgIpc) is 3.18. The normalized spacial score (nSPS) is 12.0. The predicted molar refractivity (Wildman–Crippen MR) is 100 cm³/mol. The zero-order valence-corrected chi connectivity index (χ0v) is 14.6. The summed E-state index contributed by atoms with van der Waals surface area (Å²) in [6.45, 7) is 4.76. The van der Waals surface area contributed by atoms with Crippen molar-refractivity contribution in [3.63, 3.8) is 0 Å². The Morgan fingerprint density at radius 1 is 1.08 bits per heavy atom. The zero-order chi connectivity index (χ0) is 17.3. The van der Waals surface area contributed by atoms with E-state index in [2.05, 4.69) is 46.1 Å². The molecule has 1 aromatic heterocycles. The van der Waals surface area contributed by atoms with E-state index >= 15 is 0 Å². The summed E-state index contributed by atoms with van der Waals surface area (Å²) < 4.78 is 7.94. The maximum Gasteiger partial charge on any atom is 0.119 e. The lowest BCUT2D eigenvalue weighted by Gasteiger charge is -2.15. The maximum atomic E-state index is 5.84. The van der Waals surface area contributed by atoms with E-state index in [0.29, 0.717) is 12.6 Å². The number of aromatic nitrogens is 2. The highest BCUT2D eigenvalue weighted by Crippen LogP contribution is 2.18. The van der Waals surface area contributed by atoms with Crippen molar-refractivity contribution >= 4 is 0 Å². The van der Waals surface area contributed by atoms with Gasteiger partial charge in [-0.05, 0) is 43.1 Å². The van der Waals surface area contributed by atoms with Crippen LogP contribution in [0.3, 0.4) is 0 Å². The number of hydrogen-bond donors (Lipinski definition) is 1. The molecule has 0 spiro atoms. The van der Waals surface area contributed by atoms with Crippen molar-refractivity contribution in [3.8, 4) is 5.75 Å². The lowest BCUT2D eigenvalue weighted by atomic mass is 10.1. The molecular weight excluding hydrogens is 310 g/mol. The van der Waals surface area contributed by atoms with E-state index in [1.807, 2.05) is 49.1 Å².